The highest BCUT2D eigenvalue weighted by atomic mass is 35.5. The van der Waals surface area contributed by atoms with E-state index < -0.39 is 0 Å². The number of phenols is 1. The molecule has 0 bridgehead atoms. The van der Waals surface area contributed by atoms with E-state index in [2.05, 4.69) is 66.3 Å². The van der Waals surface area contributed by atoms with Crippen molar-refractivity contribution in [3.05, 3.63) is 82.5 Å². The lowest BCUT2D eigenvalue weighted by molar-refractivity contribution is 0.0365. The van der Waals surface area contributed by atoms with Crippen molar-refractivity contribution in [1.29, 1.82) is 0 Å². The Labute approximate surface area is 199 Å². The van der Waals surface area contributed by atoms with Gasteiger partial charge in [0.2, 0.25) is 0 Å². The minimum Gasteiger partial charge on any atom is -0.508 e. The number of rotatable bonds is 5. The summed E-state index contributed by atoms with van der Waals surface area (Å²) in [5, 5.41) is 14.2. The van der Waals surface area contributed by atoms with Gasteiger partial charge in [-0.2, -0.15) is 0 Å². The largest absolute Gasteiger partial charge is 0.508 e. The Bertz CT molecular complexity index is 1370. The molecule has 1 aliphatic rings. The van der Waals surface area contributed by atoms with Crippen LogP contribution in [0.2, 0.25) is 5.02 Å². The van der Waals surface area contributed by atoms with Gasteiger partial charge in [-0.3, -0.25) is 4.90 Å². The van der Waals surface area contributed by atoms with Gasteiger partial charge < -0.3 is 14.4 Å². The van der Waals surface area contributed by atoms with Crippen LogP contribution in [0.4, 0.5) is 0 Å². The van der Waals surface area contributed by atoms with E-state index in [1.807, 2.05) is 6.07 Å². The third-order valence-electron chi connectivity index (χ3n) is 6.87. The summed E-state index contributed by atoms with van der Waals surface area (Å²) in [6, 6.07) is 16.2. The van der Waals surface area contributed by atoms with E-state index in [-0.39, 0.29) is 5.75 Å². The van der Waals surface area contributed by atoms with Crippen LogP contribution in [0, 0.1) is 13.8 Å². The van der Waals surface area contributed by atoms with Crippen LogP contribution in [0.15, 0.2) is 55.1 Å². The van der Waals surface area contributed by atoms with Crippen molar-refractivity contribution < 1.29 is 9.84 Å². The van der Waals surface area contributed by atoms with E-state index in [0.29, 0.717) is 5.02 Å². The van der Waals surface area contributed by atoms with E-state index in [4.69, 9.17) is 16.3 Å². The van der Waals surface area contributed by atoms with Gasteiger partial charge in [0, 0.05) is 48.9 Å². The molecule has 0 amide bonds. The van der Waals surface area contributed by atoms with Crippen molar-refractivity contribution >= 4 is 38.8 Å². The average molecular weight is 461 g/mol. The normalized spacial score (nSPS) is 14.9. The number of phenolic OH excluding ortho intramolecular Hbond substituents is 1. The number of ether oxygens (including phenoxy) is 1. The lowest BCUT2D eigenvalue weighted by Crippen LogP contribution is -2.38. The lowest BCUT2D eigenvalue weighted by Gasteiger charge is -2.27. The maximum absolute atomic E-state index is 10.3. The fraction of sp³-hybridized carbons (Fsp3) is 0.286. The first-order chi connectivity index (χ1) is 16.0. The summed E-state index contributed by atoms with van der Waals surface area (Å²) in [6.07, 6.45) is 0. The molecule has 0 saturated carbocycles. The maximum Gasteiger partial charge on any atom is 0.119 e. The van der Waals surface area contributed by atoms with Gasteiger partial charge in [-0.25, -0.2) is 0 Å². The first kappa shape index (κ1) is 22.0. The van der Waals surface area contributed by atoms with Crippen molar-refractivity contribution in [2.24, 2.45) is 0 Å². The predicted molar refractivity (Wildman–Crippen MR) is 137 cm³/mol. The number of aromatic nitrogens is 1. The van der Waals surface area contributed by atoms with E-state index in [0.717, 1.165) is 72.7 Å². The van der Waals surface area contributed by atoms with E-state index in [1.54, 1.807) is 6.07 Å². The van der Waals surface area contributed by atoms with Gasteiger partial charge in [0.1, 0.15) is 5.75 Å². The fourth-order valence-corrected chi connectivity index (χ4v) is 5.41. The van der Waals surface area contributed by atoms with Gasteiger partial charge in [0.25, 0.3) is 0 Å². The average Bonchev–Trinajstić information content (AvgIpc) is 3.09. The smallest absolute Gasteiger partial charge is 0.119 e. The predicted octanol–water partition coefficient (Wildman–Crippen LogP) is 6.16. The van der Waals surface area contributed by atoms with Gasteiger partial charge in [-0.1, -0.05) is 54.6 Å². The molecule has 3 aromatic carbocycles. The minimum atomic E-state index is 0.176. The molecule has 1 N–H and O–H groups in total. The Morgan fingerprint density at radius 2 is 1.76 bits per heavy atom. The van der Waals surface area contributed by atoms with E-state index in [1.165, 1.54) is 16.3 Å². The van der Waals surface area contributed by atoms with Crippen molar-refractivity contribution in [2.45, 2.75) is 20.4 Å². The van der Waals surface area contributed by atoms with Crippen LogP contribution in [0.3, 0.4) is 0 Å². The van der Waals surface area contributed by atoms with Crippen LogP contribution in [-0.2, 0) is 11.3 Å². The third-order valence-corrected chi connectivity index (χ3v) is 7.17. The Hall–Kier alpha value is -2.79. The molecule has 1 saturated heterocycles. The quantitative estimate of drug-likeness (QED) is 0.387. The molecule has 2 heterocycles. The van der Waals surface area contributed by atoms with Gasteiger partial charge >= 0.3 is 0 Å². The Morgan fingerprint density at radius 3 is 2.52 bits per heavy atom. The molecule has 4 aromatic rings. The summed E-state index contributed by atoms with van der Waals surface area (Å²) in [5.41, 5.74) is 6.40. The second-order valence-electron chi connectivity index (χ2n) is 8.84. The first-order valence-corrected chi connectivity index (χ1v) is 11.8. The molecule has 5 rings (SSSR count). The summed E-state index contributed by atoms with van der Waals surface area (Å²) in [7, 11) is 0. The number of benzene rings is 3. The number of halogens is 1. The molecule has 5 heteroatoms. The zero-order chi connectivity index (χ0) is 23.1. The van der Waals surface area contributed by atoms with Crippen LogP contribution in [0.1, 0.15) is 22.4 Å². The number of aromatic hydroxyl groups is 1. The molecule has 4 nitrogen and oxygen atoms in total. The number of aryl methyl sites for hydroxylation is 1. The van der Waals surface area contributed by atoms with Crippen molar-refractivity contribution in [3.63, 3.8) is 0 Å². The molecule has 0 spiro atoms. The number of morpholine rings is 1. The van der Waals surface area contributed by atoms with E-state index >= 15 is 0 Å². The molecule has 1 fully saturated rings. The fourth-order valence-electron chi connectivity index (χ4n) is 5.11. The van der Waals surface area contributed by atoms with Crippen LogP contribution >= 0.6 is 11.6 Å². The zero-order valence-corrected chi connectivity index (χ0v) is 20.0. The third kappa shape index (κ3) is 3.93. The number of hydrogen-bond acceptors (Lipinski definition) is 3. The number of nitrogens with zero attached hydrogens (tertiary/aromatic N) is 2. The monoisotopic (exact) mass is 460 g/mol. The van der Waals surface area contributed by atoms with Gasteiger partial charge in [0.05, 0.1) is 23.8 Å². The Balaban J connectivity index is 1.65. The molecule has 0 radical (unpaired) electrons. The van der Waals surface area contributed by atoms with E-state index in [9.17, 15) is 5.11 Å². The molecule has 1 aliphatic heterocycles. The second-order valence-corrected chi connectivity index (χ2v) is 9.25. The molecule has 1 aromatic heterocycles. The second kappa shape index (κ2) is 8.86. The van der Waals surface area contributed by atoms with Crippen LogP contribution in [-0.4, -0.2) is 47.4 Å². The van der Waals surface area contributed by atoms with Crippen molar-refractivity contribution in [3.8, 4) is 5.75 Å². The summed E-state index contributed by atoms with van der Waals surface area (Å²) in [5.74, 6) is 0.176. The lowest BCUT2D eigenvalue weighted by atomic mass is 9.91. The van der Waals surface area contributed by atoms with Crippen molar-refractivity contribution in [1.82, 2.24) is 9.47 Å². The summed E-state index contributed by atoms with van der Waals surface area (Å²) < 4.78 is 7.77. The Kier molecular flexibility index (Phi) is 5.92. The maximum atomic E-state index is 10.3. The SMILES string of the molecule is C=C(c1ccc(C)c2ccccc12)c1c(C)n(CCN2CCOCC2)c2cc(O)cc(Cl)c12. The standard InChI is InChI=1S/C28H29ClN2O2/c1-18-8-9-23(24-7-5-4-6-22(18)24)19(2)27-20(3)31(11-10-30-12-14-33-15-13-30)26-17-21(32)16-25(29)28(26)27/h4-9,16-17,32H,2,10-15H2,1,3H3. The molecule has 0 unspecified atom stereocenters. The molecule has 33 heavy (non-hydrogen) atoms. The topological polar surface area (TPSA) is 37.6 Å². The molecular weight excluding hydrogens is 432 g/mol. The number of hydrogen-bond donors (Lipinski definition) is 1. The summed E-state index contributed by atoms with van der Waals surface area (Å²) >= 11 is 6.74. The van der Waals surface area contributed by atoms with Crippen LogP contribution < -0.4 is 0 Å². The highest BCUT2D eigenvalue weighted by Crippen LogP contribution is 2.41. The van der Waals surface area contributed by atoms with Crippen molar-refractivity contribution in [2.75, 3.05) is 32.8 Å². The molecule has 170 valence electrons. The highest BCUT2D eigenvalue weighted by molar-refractivity contribution is 6.36. The zero-order valence-electron chi connectivity index (χ0n) is 19.2. The minimum absolute atomic E-state index is 0.176. The highest BCUT2D eigenvalue weighted by Gasteiger charge is 2.22. The Morgan fingerprint density at radius 1 is 1.03 bits per heavy atom. The molecular formula is C28H29ClN2O2. The summed E-state index contributed by atoms with van der Waals surface area (Å²) in [6.45, 7) is 14.0. The van der Waals surface area contributed by atoms with Gasteiger partial charge in [0.15, 0.2) is 0 Å². The summed E-state index contributed by atoms with van der Waals surface area (Å²) in [4.78, 5) is 2.42. The molecule has 0 aliphatic carbocycles. The van der Waals surface area contributed by atoms with Crippen LogP contribution in [0.25, 0.3) is 27.2 Å². The first-order valence-electron chi connectivity index (χ1n) is 11.4. The van der Waals surface area contributed by atoms with Gasteiger partial charge in [-0.15, -0.1) is 0 Å². The molecule has 0 atom stereocenters. The van der Waals surface area contributed by atoms with Gasteiger partial charge in [-0.05, 0) is 47.4 Å². The number of fused-ring (bicyclic) bond motifs is 2. The van der Waals surface area contributed by atoms with Crippen LogP contribution in [0.5, 0.6) is 5.75 Å².